The van der Waals surface area contributed by atoms with Gasteiger partial charge >= 0.3 is 0 Å². The fourth-order valence-corrected chi connectivity index (χ4v) is 1.91. The van der Waals surface area contributed by atoms with Crippen molar-refractivity contribution in [2.75, 3.05) is 5.73 Å². The molecule has 2 aromatic rings. The van der Waals surface area contributed by atoms with Crippen LogP contribution in [0.15, 0.2) is 15.3 Å². The second-order valence-electron chi connectivity index (χ2n) is 2.21. The summed E-state index contributed by atoms with van der Waals surface area (Å²) in [5, 5.41) is 0.457. The molecule has 0 saturated carbocycles. The Morgan fingerprint density at radius 3 is 3.17 bits per heavy atom. The predicted octanol–water partition coefficient (Wildman–Crippen LogP) is 1.33. The number of anilines is 1. The minimum absolute atomic E-state index is 0.161. The lowest BCUT2D eigenvalue weighted by Gasteiger charge is -1.87. The number of pyridine rings is 1. The van der Waals surface area contributed by atoms with E-state index < -0.39 is 0 Å². The van der Waals surface area contributed by atoms with Crippen LogP contribution >= 0.6 is 27.3 Å². The van der Waals surface area contributed by atoms with Crippen molar-refractivity contribution in [3.05, 3.63) is 20.9 Å². The van der Waals surface area contributed by atoms with Gasteiger partial charge in [-0.25, -0.2) is 4.98 Å². The number of H-pyrrole nitrogens is 1. The molecule has 0 bridgehead atoms. The molecule has 2 rings (SSSR count). The smallest absolute Gasteiger partial charge is 0.263 e. The summed E-state index contributed by atoms with van der Waals surface area (Å²) in [6, 6.07) is 1.65. The molecule has 3 N–H and O–H groups in total. The molecular formula is C6H4BrN3OS. The van der Waals surface area contributed by atoms with Gasteiger partial charge in [-0.3, -0.25) is 4.79 Å². The predicted molar refractivity (Wildman–Crippen MR) is 52.4 cm³/mol. The van der Waals surface area contributed by atoms with Gasteiger partial charge in [0.1, 0.15) is 10.3 Å². The lowest BCUT2D eigenvalue weighted by Crippen LogP contribution is -2.04. The Hall–Kier alpha value is -0.880. The standard InChI is InChI=1S/C6H4BrN3OS/c7-2-1-3-5(10-4(2)11)12-6(8)9-3/h1H,(H2,8,9)(H,10,11). The number of halogens is 1. The summed E-state index contributed by atoms with van der Waals surface area (Å²) in [6.45, 7) is 0. The molecule has 2 aromatic heterocycles. The Kier molecular flexibility index (Phi) is 1.66. The van der Waals surface area contributed by atoms with Gasteiger partial charge in [0.2, 0.25) is 0 Å². The van der Waals surface area contributed by atoms with Crippen LogP contribution in [0.4, 0.5) is 5.13 Å². The number of hydrogen-bond donors (Lipinski definition) is 2. The van der Waals surface area contributed by atoms with Gasteiger partial charge in [-0.15, -0.1) is 0 Å². The number of aromatic amines is 1. The zero-order chi connectivity index (χ0) is 8.72. The monoisotopic (exact) mass is 245 g/mol. The first-order valence-electron chi connectivity index (χ1n) is 3.11. The van der Waals surface area contributed by atoms with E-state index in [-0.39, 0.29) is 5.56 Å². The Bertz CT molecular complexity index is 489. The highest BCUT2D eigenvalue weighted by molar-refractivity contribution is 9.10. The number of nitrogens with one attached hydrogen (secondary N) is 1. The van der Waals surface area contributed by atoms with E-state index in [9.17, 15) is 4.79 Å². The number of nitrogens with two attached hydrogens (primary N) is 1. The molecular weight excluding hydrogens is 242 g/mol. The van der Waals surface area contributed by atoms with Gasteiger partial charge in [-0.05, 0) is 22.0 Å². The van der Waals surface area contributed by atoms with E-state index in [1.54, 1.807) is 6.07 Å². The van der Waals surface area contributed by atoms with Crippen LogP contribution in [0.2, 0.25) is 0 Å². The first-order chi connectivity index (χ1) is 5.66. The van der Waals surface area contributed by atoms with Crippen LogP contribution in [0.3, 0.4) is 0 Å². The minimum atomic E-state index is -0.161. The van der Waals surface area contributed by atoms with Crippen molar-refractivity contribution in [1.82, 2.24) is 9.97 Å². The van der Waals surface area contributed by atoms with Crippen molar-refractivity contribution >= 4 is 42.7 Å². The van der Waals surface area contributed by atoms with Crippen molar-refractivity contribution in [3.63, 3.8) is 0 Å². The summed E-state index contributed by atoms with van der Waals surface area (Å²) >= 11 is 4.37. The number of aromatic nitrogens is 2. The van der Waals surface area contributed by atoms with Crippen molar-refractivity contribution in [2.45, 2.75) is 0 Å². The second-order valence-corrected chi connectivity index (χ2v) is 4.10. The maximum Gasteiger partial charge on any atom is 0.263 e. The molecule has 6 heteroatoms. The van der Waals surface area contributed by atoms with E-state index in [0.29, 0.717) is 20.0 Å². The normalized spacial score (nSPS) is 10.8. The third kappa shape index (κ3) is 1.12. The average Bonchev–Trinajstić information content (AvgIpc) is 2.30. The molecule has 2 heterocycles. The van der Waals surface area contributed by atoms with Crippen LogP contribution in [0, 0.1) is 0 Å². The third-order valence-electron chi connectivity index (χ3n) is 1.38. The van der Waals surface area contributed by atoms with Gasteiger partial charge in [-0.2, -0.15) is 0 Å². The molecule has 0 spiro atoms. The zero-order valence-corrected chi connectivity index (χ0v) is 8.20. The van der Waals surface area contributed by atoms with Crippen LogP contribution in [0.5, 0.6) is 0 Å². The minimum Gasteiger partial charge on any atom is -0.375 e. The Balaban J connectivity index is 2.92. The summed E-state index contributed by atoms with van der Waals surface area (Å²) in [5.74, 6) is 0. The average molecular weight is 246 g/mol. The topological polar surface area (TPSA) is 71.8 Å². The van der Waals surface area contributed by atoms with Gasteiger partial charge < -0.3 is 10.7 Å². The van der Waals surface area contributed by atoms with Crippen molar-refractivity contribution < 1.29 is 0 Å². The van der Waals surface area contributed by atoms with E-state index >= 15 is 0 Å². The first-order valence-corrected chi connectivity index (χ1v) is 4.72. The van der Waals surface area contributed by atoms with Crippen molar-refractivity contribution in [2.24, 2.45) is 0 Å². The van der Waals surface area contributed by atoms with E-state index in [4.69, 9.17) is 5.73 Å². The highest BCUT2D eigenvalue weighted by Gasteiger charge is 2.03. The number of nitrogen functional groups attached to an aromatic ring is 1. The van der Waals surface area contributed by atoms with Crippen molar-refractivity contribution in [3.8, 4) is 0 Å². The van der Waals surface area contributed by atoms with E-state index in [0.717, 1.165) is 0 Å². The summed E-state index contributed by atoms with van der Waals surface area (Å²) in [6.07, 6.45) is 0. The Morgan fingerprint density at radius 2 is 2.42 bits per heavy atom. The molecule has 12 heavy (non-hydrogen) atoms. The van der Waals surface area contributed by atoms with Gasteiger partial charge in [0.15, 0.2) is 5.13 Å². The van der Waals surface area contributed by atoms with Crippen LogP contribution < -0.4 is 11.3 Å². The fraction of sp³-hybridized carbons (Fsp3) is 0. The highest BCUT2D eigenvalue weighted by atomic mass is 79.9. The van der Waals surface area contributed by atoms with Gasteiger partial charge in [0.05, 0.1) is 4.47 Å². The van der Waals surface area contributed by atoms with E-state index in [1.807, 2.05) is 0 Å². The summed E-state index contributed by atoms with van der Waals surface area (Å²) in [5.41, 5.74) is 6.01. The molecule has 0 aromatic carbocycles. The molecule has 0 aliphatic carbocycles. The molecule has 62 valence electrons. The summed E-state index contributed by atoms with van der Waals surface area (Å²) in [7, 11) is 0. The molecule has 0 aliphatic rings. The molecule has 0 fully saturated rings. The summed E-state index contributed by atoms with van der Waals surface area (Å²) in [4.78, 5) is 18.5. The van der Waals surface area contributed by atoms with Crippen LogP contribution in [-0.4, -0.2) is 9.97 Å². The van der Waals surface area contributed by atoms with Gasteiger partial charge in [0.25, 0.3) is 5.56 Å². The number of thiazole rings is 1. The number of hydrogen-bond acceptors (Lipinski definition) is 4. The maximum atomic E-state index is 11.1. The quantitative estimate of drug-likeness (QED) is 0.736. The fourth-order valence-electron chi connectivity index (χ4n) is 0.885. The molecule has 0 radical (unpaired) electrons. The second kappa shape index (κ2) is 2.56. The Morgan fingerprint density at radius 1 is 1.67 bits per heavy atom. The van der Waals surface area contributed by atoms with Crippen LogP contribution in [-0.2, 0) is 0 Å². The molecule has 0 atom stereocenters. The zero-order valence-electron chi connectivity index (χ0n) is 5.80. The number of nitrogens with zero attached hydrogens (tertiary/aromatic N) is 1. The molecule has 4 nitrogen and oxygen atoms in total. The SMILES string of the molecule is Nc1nc2cc(Br)c(=O)[nH]c2s1. The third-order valence-corrected chi connectivity index (χ3v) is 2.78. The first kappa shape index (κ1) is 7.75. The molecule has 0 amide bonds. The number of rotatable bonds is 0. The highest BCUT2D eigenvalue weighted by Crippen LogP contribution is 2.21. The lowest BCUT2D eigenvalue weighted by molar-refractivity contribution is 1.29. The van der Waals surface area contributed by atoms with Crippen molar-refractivity contribution in [1.29, 1.82) is 0 Å². The van der Waals surface area contributed by atoms with Crippen LogP contribution in [0.25, 0.3) is 10.3 Å². The lowest BCUT2D eigenvalue weighted by atomic mass is 10.4. The van der Waals surface area contributed by atoms with E-state index in [1.165, 1.54) is 11.3 Å². The Labute approximate surface area is 79.6 Å². The largest absolute Gasteiger partial charge is 0.375 e. The van der Waals surface area contributed by atoms with Gasteiger partial charge in [0, 0.05) is 0 Å². The number of fused-ring (bicyclic) bond motifs is 1. The molecule has 0 unspecified atom stereocenters. The maximum absolute atomic E-state index is 11.1. The molecule has 0 saturated heterocycles. The van der Waals surface area contributed by atoms with Gasteiger partial charge in [-0.1, -0.05) is 11.3 Å². The summed E-state index contributed by atoms with van der Waals surface area (Å²) < 4.78 is 0.473. The molecule has 0 aliphatic heterocycles. The van der Waals surface area contributed by atoms with Crippen LogP contribution in [0.1, 0.15) is 0 Å². The van der Waals surface area contributed by atoms with E-state index in [2.05, 4.69) is 25.9 Å².